The summed E-state index contributed by atoms with van der Waals surface area (Å²) in [6.07, 6.45) is -0.452. The first-order chi connectivity index (χ1) is 12.8. The lowest BCUT2D eigenvalue weighted by Crippen LogP contribution is -2.34. The van der Waals surface area contributed by atoms with Gasteiger partial charge in [-0.25, -0.2) is 4.79 Å². The fourth-order valence-corrected chi connectivity index (χ4v) is 2.60. The van der Waals surface area contributed by atoms with Crippen LogP contribution in [0.5, 0.6) is 0 Å². The van der Waals surface area contributed by atoms with Gasteiger partial charge in [0.05, 0.1) is 0 Å². The summed E-state index contributed by atoms with van der Waals surface area (Å²) in [5.74, 6) is -1.59. The summed E-state index contributed by atoms with van der Waals surface area (Å²) in [5.41, 5.74) is 1.78. The van der Waals surface area contributed by atoms with Gasteiger partial charge in [0.25, 0.3) is 0 Å². The van der Waals surface area contributed by atoms with Crippen LogP contribution in [0.1, 0.15) is 37.8 Å². The second-order valence-electron chi connectivity index (χ2n) is 7.16. The monoisotopic (exact) mass is 370 g/mol. The molecule has 1 atom stereocenters. The van der Waals surface area contributed by atoms with Crippen LogP contribution in [0.4, 0.5) is 10.5 Å². The predicted octanol–water partition coefficient (Wildman–Crippen LogP) is 3.84. The van der Waals surface area contributed by atoms with E-state index in [9.17, 15) is 14.7 Å². The number of benzene rings is 2. The number of anilines is 1. The second kappa shape index (κ2) is 9.07. The molecule has 6 heteroatoms. The Bertz CT molecular complexity index is 752. The Morgan fingerprint density at radius 3 is 2.11 bits per heavy atom. The smallest absolute Gasteiger partial charge is 0.407 e. The summed E-state index contributed by atoms with van der Waals surface area (Å²) in [6.45, 7) is 6.38. The van der Waals surface area contributed by atoms with E-state index in [2.05, 4.69) is 10.6 Å². The number of carboxylic acids is 1. The van der Waals surface area contributed by atoms with Gasteiger partial charge in [0.2, 0.25) is 0 Å². The maximum atomic E-state index is 11.7. The molecule has 0 fully saturated rings. The van der Waals surface area contributed by atoms with Crippen molar-refractivity contribution in [2.75, 3.05) is 18.4 Å². The molecular formula is C21H26N2O4. The zero-order valence-corrected chi connectivity index (χ0v) is 15.9. The minimum absolute atomic E-state index is 0.415. The van der Waals surface area contributed by atoms with Crippen molar-refractivity contribution in [3.63, 3.8) is 0 Å². The summed E-state index contributed by atoms with van der Waals surface area (Å²) >= 11 is 0. The van der Waals surface area contributed by atoms with Crippen LogP contribution in [0, 0.1) is 0 Å². The molecule has 2 aromatic rings. The number of alkyl carbamates (subject to hydrolysis) is 1. The third-order valence-electron chi connectivity index (χ3n) is 3.75. The molecule has 144 valence electrons. The van der Waals surface area contributed by atoms with Crippen molar-refractivity contribution in [2.24, 2.45) is 0 Å². The number of rotatable bonds is 7. The van der Waals surface area contributed by atoms with Crippen LogP contribution in [-0.2, 0) is 9.53 Å². The molecule has 0 saturated heterocycles. The molecular weight excluding hydrogens is 344 g/mol. The molecule has 2 rings (SSSR count). The molecule has 0 spiro atoms. The van der Waals surface area contributed by atoms with Crippen LogP contribution in [-0.4, -0.2) is 35.9 Å². The van der Waals surface area contributed by atoms with Gasteiger partial charge in [0, 0.05) is 18.8 Å². The highest BCUT2D eigenvalue weighted by Crippen LogP contribution is 2.26. The van der Waals surface area contributed by atoms with Crippen LogP contribution in [0.2, 0.25) is 0 Å². The van der Waals surface area contributed by atoms with E-state index in [-0.39, 0.29) is 0 Å². The van der Waals surface area contributed by atoms with E-state index in [0.29, 0.717) is 18.7 Å². The third-order valence-corrected chi connectivity index (χ3v) is 3.75. The van der Waals surface area contributed by atoms with Crippen molar-refractivity contribution in [3.8, 4) is 0 Å². The first kappa shape index (κ1) is 20.3. The number of carbonyl (C=O) groups excluding carboxylic acids is 1. The zero-order chi connectivity index (χ0) is 19.9. The molecule has 0 bridgehead atoms. The number of ether oxygens (including phenoxy) is 1. The highest BCUT2D eigenvalue weighted by Gasteiger charge is 2.21. The van der Waals surface area contributed by atoms with Crippen LogP contribution in [0.3, 0.4) is 0 Å². The fourth-order valence-electron chi connectivity index (χ4n) is 2.60. The van der Waals surface area contributed by atoms with E-state index in [1.54, 1.807) is 12.1 Å². The van der Waals surface area contributed by atoms with Crippen molar-refractivity contribution in [1.29, 1.82) is 0 Å². The number of hydrogen-bond acceptors (Lipinski definition) is 4. The topological polar surface area (TPSA) is 87.7 Å². The molecule has 27 heavy (non-hydrogen) atoms. The first-order valence-electron chi connectivity index (χ1n) is 8.85. The Morgan fingerprint density at radius 1 is 0.963 bits per heavy atom. The van der Waals surface area contributed by atoms with Gasteiger partial charge in [-0.05, 0) is 44.0 Å². The van der Waals surface area contributed by atoms with Crippen LogP contribution >= 0.6 is 0 Å². The molecule has 0 aromatic heterocycles. The van der Waals surface area contributed by atoms with Crippen LogP contribution < -0.4 is 10.6 Å². The maximum absolute atomic E-state index is 11.7. The maximum Gasteiger partial charge on any atom is 0.407 e. The third kappa shape index (κ3) is 6.66. The lowest BCUT2D eigenvalue weighted by Gasteiger charge is -2.19. The lowest BCUT2D eigenvalue weighted by atomic mass is 9.91. The zero-order valence-electron chi connectivity index (χ0n) is 15.9. The van der Waals surface area contributed by atoms with E-state index < -0.39 is 23.6 Å². The minimum atomic E-state index is -0.886. The van der Waals surface area contributed by atoms with Gasteiger partial charge in [0.15, 0.2) is 0 Å². The highest BCUT2D eigenvalue weighted by molar-refractivity contribution is 5.80. The van der Waals surface area contributed by atoms with E-state index in [0.717, 1.165) is 11.3 Å². The van der Waals surface area contributed by atoms with E-state index in [4.69, 9.17) is 4.74 Å². The largest absolute Gasteiger partial charge is 0.481 e. The molecule has 0 saturated carbocycles. The normalized spacial score (nSPS) is 12.1. The van der Waals surface area contributed by atoms with Crippen molar-refractivity contribution in [3.05, 3.63) is 65.7 Å². The molecule has 1 amide bonds. The van der Waals surface area contributed by atoms with Gasteiger partial charge in [-0.1, -0.05) is 42.5 Å². The summed E-state index contributed by atoms with van der Waals surface area (Å²) in [6, 6.07) is 16.4. The van der Waals surface area contributed by atoms with Crippen molar-refractivity contribution >= 4 is 17.7 Å². The van der Waals surface area contributed by atoms with Gasteiger partial charge in [-0.2, -0.15) is 0 Å². The standard InChI is InChI=1S/C21H26N2O4/c1-21(2,3)27-20(26)23-14-13-22-17-11-9-16(10-12-17)18(19(24)25)15-7-5-4-6-8-15/h4-12,18,22H,13-14H2,1-3H3,(H,23,26)(H,24,25). The van der Waals surface area contributed by atoms with E-state index >= 15 is 0 Å². The Balaban J connectivity index is 1.89. The van der Waals surface area contributed by atoms with Crippen LogP contribution in [0.25, 0.3) is 0 Å². The summed E-state index contributed by atoms with van der Waals surface area (Å²) in [4.78, 5) is 23.3. The SMILES string of the molecule is CC(C)(C)OC(=O)NCCNc1ccc(C(C(=O)O)c2ccccc2)cc1. The van der Waals surface area contributed by atoms with Crippen molar-refractivity contribution < 1.29 is 19.4 Å². The van der Waals surface area contributed by atoms with Crippen LogP contribution in [0.15, 0.2) is 54.6 Å². The molecule has 0 heterocycles. The fraction of sp³-hybridized carbons (Fsp3) is 0.333. The Labute approximate surface area is 159 Å². The quantitative estimate of drug-likeness (QED) is 0.645. The van der Waals surface area contributed by atoms with Gasteiger partial charge in [-0.15, -0.1) is 0 Å². The average molecular weight is 370 g/mol. The minimum Gasteiger partial charge on any atom is -0.481 e. The second-order valence-corrected chi connectivity index (χ2v) is 7.16. The average Bonchev–Trinajstić information content (AvgIpc) is 2.59. The van der Waals surface area contributed by atoms with Crippen molar-refractivity contribution in [1.82, 2.24) is 5.32 Å². The summed E-state index contributed by atoms with van der Waals surface area (Å²) in [5, 5.41) is 15.4. The van der Waals surface area contributed by atoms with E-state index in [1.165, 1.54) is 0 Å². The molecule has 3 N–H and O–H groups in total. The molecule has 0 aliphatic carbocycles. The van der Waals surface area contributed by atoms with Gasteiger partial charge in [-0.3, -0.25) is 4.79 Å². The molecule has 2 aromatic carbocycles. The van der Waals surface area contributed by atoms with E-state index in [1.807, 2.05) is 63.2 Å². The number of carboxylic acid groups (broad SMARTS) is 1. The van der Waals surface area contributed by atoms with Gasteiger partial charge >= 0.3 is 12.1 Å². The Hall–Kier alpha value is -3.02. The molecule has 6 nitrogen and oxygen atoms in total. The first-order valence-corrected chi connectivity index (χ1v) is 8.85. The summed E-state index contributed by atoms with van der Waals surface area (Å²) < 4.78 is 5.16. The predicted molar refractivity (Wildman–Crippen MR) is 105 cm³/mol. The lowest BCUT2D eigenvalue weighted by molar-refractivity contribution is -0.137. The number of aliphatic carboxylic acids is 1. The van der Waals surface area contributed by atoms with Crippen molar-refractivity contribution in [2.45, 2.75) is 32.3 Å². The molecule has 0 radical (unpaired) electrons. The number of amides is 1. The summed E-state index contributed by atoms with van der Waals surface area (Å²) in [7, 11) is 0. The van der Waals surface area contributed by atoms with Gasteiger partial charge in [0.1, 0.15) is 11.5 Å². The molecule has 1 unspecified atom stereocenters. The number of hydrogen-bond donors (Lipinski definition) is 3. The molecule has 0 aliphatic heterocycles. The Kier molecular flexibility index (Phi) is 6.82. The number of carbonyl (C=O) groups is 2. The van der Waals surface area contributed by atoms with Gasteiger partial charge < -0.3 is 20.5 Å². The number of nitrogens with one attached hydrogen (secondary N) is 2. The Morgan fingerprint density at radius 2 is 1.56 bits per heavy atom. The molecule has 0 aliphatic rings. The highest BCUT2D eigenvalue weighted by atomic mass is 16.6.